The van der Waals surface area contributed by atoms with E-state index in [1.54, 1.807) is 7.11 Å². The molecule has 4 nitrogen and oxygen atoms in total. The first-order valence-corrected chi connectivity index (χ1v) is 8.39. The van der Waals surface area contributed by atoms with Crippen LogP contribution >= 0.6 is 0 Å². The van der Waals surface area contributed by atoms with Crippen molar-refractivity contribution in [2.24, 2.45) is 0 Å². The number of carbonyl (C=O) groups excluding carboxylic acids is 1. The van der Waals surface area contributed by atoms with Crippen molar-refractivity contribution in [3.05, 3.63) is 48.0 Å². The molecular weight excluding hydrogens is 288 g/mol. The Labute approximate surface area is 138 Å². The maximum Gasteiger partial charge on any atom is 0.246 e. The van der Waals surface area contributed by atoms with E-state index in [2.05, 4.69) is 41.1 Å². The van der Waals surface area contributed by atoms with Gasteiger partial charge in [-0.1, -0.05) is 30.3 Å². The summed E-state index contributed by atoms with van der Waals surface area (Å²) in [7, 11) is 1.55. The number of nitrogens with one attached hydrogen (secondary N) is 1. The Morgan fingerprint density at radius 3 is 2.87 bits per heavy atom. The van der Waals surface area contributed by atoms with Crippen LogP contribution in [0.25, 0.3) is 0 Å². The standard InChI is InChI=1S/C19H26N2O2/c1-3-10-21-11-8-19(9-12-21)13-17(20-18(22)14-23-2)15-6-4-5-7-16(15)19/h3-7,17H,1,8-14H2,2H3,(H,20,22)/t17-/m0/s1. The minimum absolute atomic E-state index is 0.0338. The van der Waals surface area contributed by atoms with Crippen LogP contribution in [-0.4, -0.2) is 44.2 Å². The fourth-order valence-corrected chi connectivity index (χ4v) is 4.21. The molecule has 1 atom stereocenters. The second-order valence-corrected chi connectivity index (χ2v) is 6.71. The highest BCUT2D eigenvalue weighted by Crippen LogP contribution is 2.50. The molecule has 0 saturated carbocycles. The van der Waals surface area contributed by atoms with Gasteiger partial charge in [-0.25, -0.2) is 0 Å². The van der Waals surface area contributed by atoms with Gasteiger partial charge >= 0.3 is 0 Å². The summed E-state index contributed by atoms with van der Waals surface area (Å²) < 4.78 is 4.95. The van der Waals surface area contributed by atoms with Crippen molar-refractivity contribution in [3.63, 3.8) is 0 Å². The van der Waals surface area contributed by atoms with E-state index in [9.17, 15) is 4.79 Å². The highest BCUT2D eigenvalue weighted by Gasteiger charge is 2.45. The van der Waals surface area contributed by atoms with Gasteiger partial charge in [-0.15, -0.1) is 6.58 Å². The molecule has 1 N–H and O–H groups in total. The average molecular weight is 314 g/mol. The molecule has 1 aromatic carbocycles. The number of rotatable bonds is 5. The van der Waals surface area contributed by atoms with Crippen LogP contribution in [0.3, 0.4) is 0 Å². The SMILES string of the molecule is C=CCN1CCC2(CC1)C[C@H](NC(=O)COC)c1ccccc12. The maximum atomic E-state index is 12.0. The van der Waals surface area contributed by atoms with Crippen LogP contribution in [0.1, 0.15) is 36.4 Å². The fourth-order valence-electron chi connectivity index (χ4n) is 4.21. The van der Waals surface area contributed by atoms with Crippen LogP contribution in [-0.2, 0) is 14.9 Å². The van der Waals surface area contributed by atoms with Crippen molar-refractivity contribution in [3.8, 4) is 0 Å². The molecule has 3 rings (SSSR count). The number of likely N-dealkylation sites (tertiary alicyclic amines) is 1. The molecule has 0 unspecified atom stereocenters. The zero-order chi connectivity index (χ0) is 16.3. The number of hydrogen-bond donors (Lipinski definition) is 1. The molecule has 4 heteroatoms. The monoisotopic (exact) mass is 314 g/mol. The van der Waals surface area contributed by atoms with Crippen molar-refractivity contribution >= 4 is 5.91 Å². The third kappa shape index (κ3) is 3.19. The minimum atomic E-state index is -0.0338. The summed E-state index contributed by atoms with van der Waals surface area (Å²) in [5.41, 5.74) is 2.93. The number of piperidine rings is 1. The van der Waals surface area contributed by atoms with Crippen LogP contribution in [0.4, 0.5) is 0 Å². The van der Waals surface area contributed by atoms with Crippen molar-refractivity contribution in [1.82, 2.24) is 10.2 Å². The van der Waals surface area contributed by atoms with Gasteiger partial charge in [0.15, 0.2) is 0 Å². The van der Waals surface area contributed by atoms with Gasteiger partial charge in [0.2, 0.25) is 5.91 Å². The van der Waals surface area contributed by atoms with Gasteiger partial charge < -0.3 is 10.1 Å². The molecule has 2 aliphatic rings. The minimum Gasteiger partial charge on any atom is -0.375 e. The first-order chi connectivity index (χ1) is 11.2. The summed E-state index contributed by atoms with van der Waals surface area (Å²) >= 11 is 0. The molecule has 1 amide bonds. The van der Waals surface area contributed by atoms with Crippen molar-refractivity contribution in [1.29, 1.82) is 0 Å². The van der Waals surface area contributed by atoms with Crippen LogP contribution in [0, 0.1) is 0 Å². The van der Waals surface area contributed by atoms with Crippen LogP contribution in [0.5, 0.6) is 0 Å². The van der Waals surface area contributed by atoms with E-state index < -0.39 is 0 Å². The van der Waals surface area contributed by atoms with Gasteiger partial charge in [-0.2, -0.15) is 0 Å². The molecule has 0 aromatic heterocycles. The first-order valence-electron chi connectivity index (χ1n) is 8.39. The summed E-state index contributed by atoms with van der Waals surface area (Å²) in [6, 6.07) is 8.72. The van der Waals surface area contributed by atoms with Gasteiger partial charge in [-0.3, -0.25) is 9.69 Å². The third-order valence-electron chi connectivity index (χ3n) is 5.31. The number of amides is 1. The second-order valence-electron chi connectivity index (χ2n) is 6.71. The Morgan fingerprint density at radius 2 is 2.17 bits per heavy atom. The highest BCUT2D eigenvalue weighted by molar-refractivity contribution is 5.78. The Bertz CT molecular complexity index is 576. The van der Waals surface area contributed by atoms with E-state index >= 15 is 0 Å². The van der Waals surface area contributed by atoms with Crippen LogP contribution in [0.2, 0.25) is 0 Å². The van der Waals surface area contributed by atoms with Gasteiger partial charge in [0, 0.05) is 19.1 Å². The number of ether oxygens (including phenoxy) is 1. The lowest BCUT2D eigenvalue weighted by atomic mass is 9.73. The molecule has 0 radical (unpaired) electrons. The summed E-state index contributed by atoms with van der Waals surface area (Å²) in [4.78, 5) is 14.4. The molecule has 1 fully saturated rings. The normalized spacial score (nSPS) is 22.7. The number of nitrogens with zero attached hydrogens (tertiary/aromatic N) is 1. The highest BCUT2D eigenvalue weighted by atomic mass is 16.5. The quantitative estimate of drug-likeness (QED) is 0.849. The smallest absolute Gasteiger partial charge is 0.246 e. The molecular formula is C19H26N2O2. The van der Waals surface area contributed by atoms with Crippen LogP contribution < -0.4 is 5.32 Å². The molecule has 1 aliphatic heterocycles. The Morgan fingerprint density at radius 1 is 1.43 bits per heavy atom. The molecule has 1 aliphatic carbocycles. The van der Waals surface area contributed by atoms with E-state index in [1.165, 1.54) is 11.1 Å². The van der Waals surface area contributed by atoms with E-state index in [0.717, 1.165) is 38.9 Å². The second kappa shape index (κ2) is 6.85. The number of methoxy groups -OCH3 is 1. The Kier molecular flexibility index (Phi) is 4.83. The topological polar surface area (TPSA) is 41.6 Å². The maximum absolute atomic E-state index is 12.0. The lowest BCUT2D eigenvalue weighted by Gasteiger charge is -2.40. The number of hydrogen-bond acceptors (Lipinski definition) is 3. The van der Waals surface area contributed by atoms with E-state index in [1.807, 2.05) is 6.08 Å². The van der Waals surface area contributed by atoms with E-state index in [-0.39, 0.29) is 24.0 Å². The number of benzene rings is 1. The fraction of sp³-hybridized carbons (Fsp3) is 0.526. The molecule has 1 aromatic rings. The van der Waals surface area contributed by atoms with Crippen molar-refractivity contribution < 1.29 is 9.53 Å². The molecule has 124 valence electrons. The summed E-state index contributed by atoms with van der Waals surface area (Å²) in [6.07, 6.45) is 5.28. The van der Waals surface area contributed by atoms with Gasteiger partial charge in [-0.05, 0) is 43.5 Å². The van der Waals surface area contributed by atoms with Crippen molar-refractivity contribution in [2.75, 3.05) is 33.4 Å². The predicted molar refractivity (Wildman–Crippen MR) is 91.4 cm³/mol. The number of carbonyl (C=O) groups is 1. The lowest BCUT2D eigenvalue weighted by Crippen LogP contribution is -2.42. The zero-order valence-corrected chi connectivity index (χ0v) is 13.9. The van der Waals surface area contributed by atoms with Crippen LogP contribution in [0.15, 0.2) is 36.9 Å². The van der Waals surface area contributed by atoms with E-state index in [4.69, 9.17) is 4.74 Å². The summed E-state index contributed by atoms with van der Waals surface area (Å²) in [5.74, 6) is -0.0338. The molecule has 1 saturated heterocycles. The Hall–Kier alpha value is -1.65. The predicted octanol–water partition coefficient (Wildman–Crippen LogP) is 2.41. The third-order valence-corrected chi connectivity index (χ3v) is 5.31. The summed E-state index contributed by atoms with van der Waals surface area (Å²) in [6.45, 7) is 7.12. The molecule has 1 heterocycles. The Balaban J connectivity index is 1.79. The lowest BCUT2D eigenvalue weighted by molar-refractivity contribution is -0.125. The molecule has 23 heavy (non-hydrogen) atoms. The van der Waals surface area contributed by atoms with Gasteiger partial charge in [0.05, 0.1) is 6.04 Å². The zero-order valence-electron chi connectivity index (χ0n) is 13.9. The average Bonchev–Trinajstić information content (AvgIpc) is 2.85. The largest absolute Gasteiger partial charge is 0.375 e. The molecule has 0 bridgehead atoms. The first kappa shape index (κ1) is 16.2. The molecule has 1 spiro atoms. The van der Waals surface area contributed by atoms with E-state index in [0.29, 0.717) is 0 Å². The van der Waals surface area contributed by atoms with Gasteiger partial charge in [0.1, 0.15) is 6.61 Å². The van der Waals surface area contributed by atoms with Crippen molar-refractivity contribution in [2.45, 2.75) is 30.7 Å². The number of fused-ring (bicyclic) bond motifs is 2. The van der Waals surface area contributed by atoms with Gasteiger partial charge in [0.25, 0.3) is 0 Å². The summed E-state index contributed by atoms with van der Waals surface area (Å²) in [5, 5.41) is 3.15.